The number of halogens is 2. The van der Waals surface area contributed by atoms with Crippen molar-refractivity contribution in [2.45, 2.75) is 26.5 Å². The molecule has 1 atom stereocenters. The predicted octanol–water partition coefficient (Wildman–Crippen LogP) is 2.09. The van der Waals surface area contributed by atoms with Crippen LogP contribution in [-0.2, 0) is 0 Å². The quantitative estimate of drug-likeness (QED) is 0.927. The summed E-state index contributed by atoms with van der Waals surface area (Å²) in [5.74, 6) is -0.254. The maximum atomic E-state index is 12.3. The first-order valence-corrected chi connectivity index (χ1v) is 6.87. The second-order valence-electron chi connectivity index (χ2n) is 4.54. The van der Waals surface area contributed by atoms with Crippen LogP contribution in [0.15, 0.2) is 6.07 Å². The molecule has 1 aromatic heterocycles. The zero-order valence-corrected chi connectivity index (χ0v) is 11.6. The number of aryl methyl sites for hydroxylation is 1. The van der Waals surface area contributed by atoms with Crippen LogP contribution in [0.1, 0.15) is 21.5 Å². The molecular weight excluding hydrogens is 274 g/mol. The second-order valence-corrected chi connectivity index (χ2v) is 5.79. The van der Waals surface area contributed by atoms with E-state index in [9.17, 15) is 13.6 Å². The molecule has 0 saturated carbocycles. The first-order chi connectivity index (χ1) is 8.97. The van der Waals surface area contributed by atoms with E-state index in [1.165, 1.54) is 17.4 Å². The zero-order valence-electron chi connectivity index (χ0n) is 10.8. The van der Waals surface area contributed by atoms with E-state index in [0.29, 0.717) is 19.6 Å². The summed E-state index contributed by atoms with van der Waals surface area (Å²) in [6, 6.07) is 1.69. The Morgan fingerprint density at radius 1 is 1.63 bits per heavy atom. The maximum absolute atomic E-state index is 12.3. The highest BCUT2D eigenvalue weighted by atomic mass is 32.1. The van der Waals surface area contributed by atoms with E-state index in [1.54, 1.807) is 11.8 Å². The van der Waals surface area contributed by atoms with Crippen LogP contribution in [0.4, 0.5) is 8.78 Å². The Balaban J connectivity index is 2.18. The molecular formula is C12H16F2N2O2S. The normalized spacial score (nSPS) is 19.8. The van der Waals surface area contributed by atoms with Crippen molar-refractivity contribution in [3.05, 3.63) is 15.8 Å². The number of ether oxygens (including phenoxy) is 1. The van der Waals surface area contributed by atoms with E-state index in [-0.39, 0.29) is 22.6 Å². The summed E-state index contributed by atoms with van der Waals surface area (Å²) in [6.45, 7) is 2.69. The van der Waals surface area contributed by atoms with Crippen molar-refractivity contribution >= 4 is 17.2 Å². The zero-order chi connectivity index (χ0) is 14.0. The predicted molar refractivity (Wildman–Crippen MR) is 69.1 cm³/mol. The summed E-state index contributed by atoms with van der Waals surface area (Å²) in [5, 5.41) is 3.23. The second kappa shape index (κ2) is 5.83. The molecule has 0 aliphatic carbocycles. The number of alkyl halides is 2. The number of amides is 1. The van der Waals surface area contributed by atoms with Gasteiger partial charge in [0, 0.05) is 30.6 Å². The Hall–Kier alpha value is -1.21. The maximum Gasteiger partial charge on any atom is 0.387 e. The van der Waals surface area contributed by atoms with Gasteiger partial charge in [0.1, 0.15) is 10.6 Å². The molecule has 0 spiro atoms. The van der Waals surface area contributed by atoms with Crippen LogP contribution in [0.25, 0.3) is 0 Å². The summed E-state index contributed by atoms with van der Waals surface area (Å²) in [6.07, 6.45) is 0. The lowest BCUT2D eigenvalue weighted by Gasteiger charge is -2.31. The van der Waals surface area contributed by atoms with Crippen LogP contribution < -0.4 is 10.1 Å². The Bertz CT molecular complexity index is 465. The van der Waals surface area contributed by atoms with Gasteiger partial charge in [-0.3, -0.25) is 4.79 Å². The summed E-state index contributed by atoms with van der Waals surface area (Å²) in [4.78, 5) is 15.1. The Morgan fingerprint density at radius 3 is 3.00 bits per heavy atom. The third-order valence-electron chi connectivity index (χ3n) is 2.89. The first-order valence-electron chi connectivity index (χ1n) is 6.05. The molecule has 1 aromatic rings. The van der Waals surface area contributed by atoms with Gasteiger partial charge in [0.25, 0.3) is 5.91 Å². The number of hydrogen-bond acceptors (Lipinski definition) is 4. The van der Waals surface area contributed by atoms with Gasteiger partial charge in [0.2, 0.25) is 0 Å². The molecule has 1 aliphatic rings. The fourth-order valence-corrected chi connectivity index (χ4v) is 3.00. The molecule has 1 N–H and O–H groups in total. The van der Waals surface area contributed by atoms with Gasteiger partial charge in [-0.1, -0.05) is 0 Å². The Labute approximate surface area is 114 Å². The fourth-order valence-electron chi connectivity index (χ4n) is 2.08. The van der Waals surface area contributed by atoms with Gasteiger partial charge in [-0.2, -0.15) is 8.78 Å². The summed E-state index contributed by atoms with van der Waals surface area (Å²) >= 11 is 1.19. The summed E-state index contributed by atoms with van der Waals surface area (Å²) in [5.41, 5.74) is 0. The standard InChI is InChI=1S/C12H16F2N2O2S/c1-7-6-16(4-3-15-7)11(17)10-9(18-12(13)14)5-8(2)19-10/h5,7,12,15H,3-4,6H2,1-2H3. The lowest BCUT2D eigenvalue weighted by Crippen LogP contribution is -2.51. The molecule has 1 saturated heterocycles. The number of carbonyl (C=O) groups excluding carboxylic acids is 1. The minimum Gasteiger partial charge on any atom is -0.433 e. The first kappa shape index (κ1) is 14.2. The van der Waals surface area contributed by atoms with Gasteiger partial charge in [0.15, 0.2) is 0 Å². The molecule has 0 aromatic carbocycles. The highest BCUT2D eigenvalue weighted by molar-refractivity contribution is 7.14. The van der Waals surface area contributed by atoms with Crippen LogP contribution >= 0.6 is 11.3 Å². The largest absolute Gasteiger partial charge is 0.433 e. The van der Waals surface area contributed by atoms with Crippen molar-refractivity contribution in [1.29, 1.82) is 0 Å². The molecule has 106 valence electrons. The molecule has 1 aliphatic heterocycles. The average molecular weight is 290 g/mol. The molecule has 1 fully saturated rings. The van der Waals surface area contributed by atoms with E-state index in [4.69, 9.17) is 0 Å². The molecule has 1 amide bonds. The number of thiophene rings is 1. The van der Waals surface area contributed by atoms with Crippen molar-refractivity contribution in [2.75, 3.05) is 19.6 Å². The van der Waals surface area contributed by atoms with E-state index < -0.39 is 6.61 Å². The minimum absolute atomic E-state index is 0.0197. The molecule has 0 bridgehead atoms. The number of piperazine rings is 1. The lowest BCUT2D eigenvalue weighted by molar-refractivity contribution is -0.0499. The van der Waals surface area contributed by atoms with Crippen LogP contribution in [-0.4, -0.2) is 43.1 Å². The topological polar surface area (TPSA) is 41.6 Å². The molecule has 4 nitrogen and oxygen atoms in total. The van der Waals surface area contributed by atoms with Gasteiger partial charge < -0.3 is 15.0 Å². The fraction of sp³-hybridized carbons (Fsp3) is 0.583. The number of rotatable bonds is 3. The van der Waals surface area contributed by atoms with Gasteiger partial charge in [-0.05, 0) is 19.9 Å². The monoisotopic (exact) mass is 290 g/mol. The Kier molecular flexibility index (Phi) is 4.36. The SMILES string of the molecule is Cc1cc(OC(F)F)c(C(=O)N2CCNC(C)C2)s1. The van der Waals surface area contributed by atoms with Crippen LogP contribution in [0.5, 0.6) is 5.75 Å². The van der Waals surface area contributed by atoms with Crippen LogP contribution in [0.3, 0.4) is 0 Å². The molecule has 2 heterocycles. The lowest BCUT2D eigenvalue weighted by atomic mass is 10.2. The summed E-state index contributed by atoms with van der Waals surface area (Å²) in [7, 11) is 0. The highest BCUT2D eigenvalue weighted by Crippen LogP contribution is 2.31. The Morgan fingerprint density at radius 2 is 2.37 bits per heavy atom. The smallest absolute Gasteiger partial charge is 0.387 e. The van der Waals surface area contributed by atoms with Gasteiger partial charge in [-0.25, -0.2) is 0 Å². The van der Waals surface area contributed by atoms with Crippen molar-refractivity contribution in [3.8, 4) is 5.75 Å². The molecule has 7 heteroatoms. The van der Waals surface area contributed by atoms with E-state index in [0.717, 1.165) is 4.88 Å². The van der Waals surface area contributed by atoms with Gasteiger partial charge in [-0.15, -0.1) is 11.3 Å². The van der Waals surface area contributed by atoms with E-state index >= 15 is 0 Å². The van der Waals surface area contributed by atoms with Crippen molar-refractivity contribution < 1.29 is 18.3 Å². The van der Waals surface area contributed by atoms with Crippen LogP contribution in [0, 0.1) is 6.92 Å². The number of nitrogens with one attached hydrogen (secondary N) is 1. The molecule has 19 heavy (non-hydrogen) atoms. The number of carbonyl (C=O) groups is 1. The van der Waals surface area contributed by atoms with Gasteiger partial charge in [0.05, 0.1) is 0 Å². The average Bonchev–Trinajstić information content (AvgIpc) is 2.68. The number of nitrogens with zero attached hydrogens (tertiary/aromatic N) is 1. The number of hydrogen-bond donors (Lipinski definition) is 1. The molecule has 0 radical (unpaired) electrons. The van der Waals surface area contributed by atoms with Crippen molar-refractivity contribution in [3.63, 3.8) is 0 Å². The van der Waals surface area contributed by atoms with Crippen molar-refractivity contribution in [1.82, 2.24) is 10.2 Å². The molecule has 2 rings (SSSR count). The van der Waals surface area contributed by atoms with E-state index in [2.05, 4.69) is 10.1 Å². The highest BCUT2D eigenvalue weighted by Gasteiger charge is 2.26. The van der Waals surface area contributed by atoms with Crippen molar-refractivity contribution in [2.24, 2.45) is 0 Å². The van der Waals surface area contributed by atoms with Gasteiger partial charge >= 0.3 is 6.61 Å². The van der Waals surface area contributed by atoms with E-state index in [1.807, 2.05) is 6.92 Å². The third kappa shape index (κ3) is 3.42. The minimum atomic E-state index is -2.91. The summed E-state index contributed by atoms with van der Waals surface area (Å²) < 4.78 is 29.1. The third-order valence-corrected chi connectivity index (χ3v) is 3.91. The molecule has 1 unspecified atom stereocenters. The van der Waals surface area contributed by atoms with Crippen LogP contribution in [0.2, 0.25) is 0 Å².